The molecule has 4 aliphatic rings. The zero-order chi connectivity index (χ0) is 41.5. The summed E-state index contributed by atoms with van der Waals surface area (Å²) in [4.78, 5) is 57.6. The fourth-order valence-electron chi connectivity index (χ4n) is 9.39. The highest BCUT2D eigenvalue weighted by Crippen LogP contribution is 2.39. The highest BCUT2D eigenvalue weighted by Gasteiger charge is 2.56. The largest absolute Gasteiger partial charge is 0.456 e. The van der Waals surface area contributed by atoms with Gasteiger partial charge in [0.05, 0.1) is 30.5 Å². The number of aliphatic hydroxyl groups is 3. The molecule has 1 aliphatic carbocycles. The third-order valence-corrected chi connectivity index (χ3v) is 12.9. The number of allylic oxidation sites excluding steroid dienone is 3. The molecule has 13 heteroatoms. The van der Waals surface area contributed by atoms with Gasteiger partial charge in [0.15, 0.2) is 0 Å². The Balaban J connectivity index is 1.76. The lowest BCUT2D eigenvalue weighted by atomic mass is 9.81. The Labute approximate surface area is 333 Å². The third kappa shape index (κ3) is 10.7. The average Bonchev–Trinajstić information content (AvgIpc) is 3.18. The van der Waals surface area contributed by atoms with E-state index in [0.717, 1.165) is 5.57 Å². The summed E-state index contributed by atoms with van der Waals surface area (Å²) >= 11 is 0. The van der Waals surface area contributed by atoms with E-state index >= 15 is 0 Å². The Bertz CT molecular complexity index is 1430. The number of aliphatic hydroxyl groups excluding tert-OH is 2. The van der Waals surface area contributed by atoms with Crippen LogP contribution in [0.2, 0.25) is 0 Å². The third-order valence-electron chi connectivity index (χ3n) is 12.9. The van der Waals surface area contributed by atoms with Gasteiger partial charge in [-0.3, -0.25) is 14.4 Å². The number of esters is 1. The first-order valence-electron chi connectivity index (χ1n) is 20.8. The molecule has 318 valence electrons. The Kier molecular flexibility index (Phi) is 16.9. The zero-order valence-electron chi connectivity index (χ0n) is 35.1. The molecule has 1 unspecified atom stereocenters. The van der Waals surface area contributed by atoms with Crippen molar-refractivity contribution in [1.29, 1.82) is 0 Å². The van der Waals surface area contributed by atoms with E-state index in [0.29, 0.717) is 56.9 Å². The minimum Gasteiger partial charge on any atom is -0.456 e. The van der Waals surface area contributed by atoms with Gasteiger partial charge in [-0.15, -0.1) is 0 Å². The van der Waals surface area contributed by atoms with Crippen LogP contribution in [0.3, 0.4) is 0 Å². The fraction of sp³-hybridized carbons (Fsp3) is 0.814. The van der Waals surface area contributed by atoms with Gasteiger partial charge in [0.1, 0.15) is 24.0 Å². The summed E-state index contributed by atoms with van der Waals surface area (Å²) in [6.07, 6.45) is 3.72. The number of piperidine rings is 1. The Hall–Kier alpha value is -2.52. The molecule has 4 rings (SSSR count). The highest BCUT2D eigenvalue weighted by atomic mass is 16.7. The van der Waals surface area contributed by atoms with E-state index in [2.05, 4.69) is 6.92 Å². The number of hydrogen-bond donors (Lipinski definition) is 3. The van der Waals surface area contributed by atoms with Gasteiger partial charge in [-0.25, -0.2) is 4.79 Å². The standard InChI is InChI=1S/C43H69NO12/c1-10-30-18-24(2)17-25(3)19-36(53-8)39-37(54-9)21-27(5)43(51,56-39)40(48)41(49)44-16-12-11-13-31(44)42(50)55-38(28(6)33(46)23-34(30)47)26(4)20-29-14-15-32(45)35(22-29)52-7/h18,20,25,27-33,35-39,45-46,51H,10-17,19,21-23H2,1-9H3/b24-18+,26-20+/t25-,27-,28-,29+,30-,31?,32-,33+,35-,36+,37+,38-,39-,43-/m1/s1. The van der Waals surface area contributed by atoms with Gasteiger partial charge in [-0.05, 0) is 95.5 Å². The highest BCUT2D eigenvalue weighted by molar-refractivity contribution is 6.39. The van der Waals surface area contributed by atoms with Crippen molar-refractivity contribution >= 4 is 23.4 Å². The molecule has 14 atom stereocenters. The summed E-state index contributed by atoms with van der Waals surface area (Å²) in [5.74, 6) is -7.50. The molecule has 0 spiro atoms. The number of cyclic esters (lactones) is 1. The maximum atomic E-state index is 14.3. The van der Waals surface area contributed by atoms with Crippen molar-refractivity contribution in [1.82, 2.24) is 4.90 Å². The van der Waals surface area contributed by atoms with Crippen molar-refractivity contribution in [2.24, 2.45) is 29.6 Å². The van der Waals surface area contributed by atoms with Crippen LogP contribution in [0, 0.1) is 29.6 Å². The van der Waals surface area contributed by atoms with Crippen LogP contribution in [0.25, 0.3) is 0 Å². The van der Waals surface area contributed by atoms with Crippen LogP contribution >= 0.6 is 0 Å². The van der Waals surface area contributed by atoms with Crippen LogP contribution in [0.4, 0.5) is 0 Å². The monoisotopic (exact) mass is 791 g/mol. The zero-order valence-corrected chi connectivity index (χ0v) is 35.1. The smallest absolute Gasteiger partial charge is 0.329 e. The number of methoxy groups -OCH3 is 3. The molecule has 13 nitrogen and oxygen atoms in total. The molecule has 0 radical (unpaired) electrons. The summed E-state index contributed by atoms with van der Waals surface area (Å²) in [5, 5.41) is 34.1. The normalized spacial score (nSPS) is 41.6. The van der Waals surface area contributed by atoms with E-state index in [9.17, 15) is 34.5 Å². The molecule has 2 saturated heterocycles. The molecule has 2 bridgehead atoms. The number of carbonyl (C=O) groups is 4. The van der Waals surface area contributed by atoms with Crippen molar-refractivity contribution in [3.8, 4) is 0 Å². The number of amides is 1. The number of hydrogen-bond acceptors (Lipinski definition) is 12. The van der Waals surface area contributed by atoms with Crippen LogP contribution in [-0.2, 0) is 42.9 Å². The van der Waals surface area contributed by atoms with Crippen LogP contribution in [0.5, 0.6) is 0 Å². The van der Waals surface area contributed by atoms with Crippen molar-refractivity contribution in [2.75, 3.05) is 27.9 Å². The van der Waals surface area contributed by atoms with E-state index in [4.69, 9.17) is 23.7 Å². The Morgan fingerprint density at radius 1 is 0.911 bits per heavy atom. The quantitative estimate of drug-likeness (QED) is 0.196. The summed E-state index contributed by atoms with van der Waals surface area (Å²) in [6, 6.07) is -1.13. The Morgan fingerprint density at radius 2 is 1.57 bits per heavy atom. The molecule has 0 aromatic carbocycles. The minimum atomic E-state index is -2.50. The summed E-state index contributed by atoms with van der Waals surface area (Å²) in [7, 11) is 4.63. The van der Waals surface area contributed by atoms with Gasteiger partial charge in [0.25, 0.3) is 11.7 Å². The molecule has 1 saturated carbocycles. The number of ether oxygens (including phenoxy) is 5. The van der Waals surface area contributed by atoms with Crippen molar-refractivity contribution < 1.29 is 58.2 Å². The van der Waals surface area contributed by atoms with Crippen molar-refractivity contribution in [2.45, 2.75) is 167 Å². The van der Waals surface area contributed by atoms with Crippen molar-refractivity contribution in [3.05, 3.63) is 23.3 Å². The van der Waals surface area contributed by atoms with E-state index in [1.807, 2.05) is 32.9 Å². The van der Waals surface area contributed by atoms with Crippen LogP contribution in [-0.4, -0.2) is 126 Å². The van der Waals surface area contributed by atoms with E-state index in [1.165, 1.54) is 19.1 Å². The lowest BCUT2D eigenvalue weighted by molar-refractivity contribution is -0.302. The second-order valence-corrected chi connectivity index (χ2v) is 17.2. The molecule has 3 fully saturated rings. The minimum absolute atomic E-state index is 0.000914. The molecular formula is C43H69NO12. The molecule has 3 N–H and O–H groups in total. The maximum absolute atomic E-state index is 14.3. The van der Waals surface area contributed by atoms with E-state index in [1.54, 1.807) is 21.0 Å². The molecule has 3 heterocycles. The summed E-state index contributed by atoms with van der Waals surface area (Å²) < 4.78 is 29.7. The number of ketones is 2. The first-order valence-corrected chi connectivity index (χ1v) is 20.8. The molecule has 3 aliphatic heterocycles. The molecule has 56 heavy (non-hydrogen) atoms. The maximum Gasteiger partial charge on any atom is 0.329 e. The van der Waals surface area contributed by atoms with Crippen molar-refractivity contribution in [3.63, 3.8) is 0 Å². The van der Waals surface area contributed by atoms with Gasteiger partial charge >= 0.3 is 5.97 Å². The number of rotatable bonds is 6. The first-order chi connectivity index (χ1) is 26.5. The fourth-order valence-corrected chi connectivity index (χ4v) is 9.39. The van der Waals surface area contributed by atoms with Gasteiger partial charge < -0.3 is 43.9 Å². The number of Topliss-reactive ketones (excluding diaryl/α,β-unsaturated/α-hetero) is 2. The predicted molar refractivity (Wildman–Crippen MR) is 208 cm³/mol. The van der Waals surface area contributed by atoms with Crippen LogP contribution < -0.4 is 0 Å². The SMILES string of the molecule is CC[C@@H]1/C=C(\C)C[C@@H](C)C[C@H](OC)[C@H]2O[C@@](O)(C(=O)C(=O)N3CCCCC3C(=O)O[C@H](/C(C)=C/[C@@H]3CC[C@@H](O)[C@H](OC)C3)[C@H](C)[C@@H](O)CC1=O)[C@H](C)C[C@@H]2OC. The lowest BCUT2D eigenvalue weighted by Crippen LogP contribution is -2.64. The van der Waals surface area contributed by atoms with Gasteiger partial charge in [-0.2, -0.15) is 0 Å². The van der Waals surface area contributed by atoms with Crippen LogP contribution in [0.15, 0.2) is 23.3 Å². The summed E-state index contributed by atoms with van der Waals surface area (Å²) in [6.45, 7) is 11.3. The van der Waals surface area contributed by atoms with Gasteiger partial charge in [-0.1, -0.05) is 45.4 Å². The topological polar surface area (TPSA) is 178 Å². The van der Waals surface area contributed by atoms with Gasteiger partial charge in [0, 0.05) is 52.0 Å². The molecular weight excluding hydrogens is 722 g/mol. The number of nitrogens with zero attached hydrogens (tertiary/aromatic N) is 1. The number of carbonyl (C=O) groups excluding carboxylic acids is 4. The van der Waals surface area contributed by atoms with Crippen LogP contribution in [0.1, 0.15) is 112 Å². The molecule has 0 aromatic rings. The molecule has 1 amide bonds. The molecule has 0 aromatic heterocycles. The van der Waals surface area contributed by atoms with Gasteiger partial charge in [0.2, 0.25) is 5.79 Å². The predicted octanol–water partition coefficient (Wildman–Crippen LogP) is 4.47. The van der Waals surface area contributed by atoms with E-state index < -0.39 is 83.9 Å². The Morgan fingerprint density at radius 3 is 2.21 bits per heavy atom. The lowest BCUT2D eigenvalue weighted by Gasteiger charge is -2.47. The second-order valence-electron chi connectivity index (χ2n) is 17.2. The second kappa shape index (κ2) is 20.4. The van der Waals surface area contributed by atoms with E-state index in [-0.39, 0.29) is 49.5 Å². The number of fused-ring (bicyclic) bond motifs is 3. The summed E-state index contributed by atoms with van der Waals surface area (Å²) in [5.41, 5.74) is 1.66. The first kappa shape index (κ1) is 46.2. The average molecular weight is 792 g/mol.